The Labute approximate surface area is 109 Å². The summed E-state index contributed by atoms with van der Waals surface area (Å²) in [4.78, 5) is 6.03. The van der Waals surface area contributed by atoms with Gasteiger partial charge in [0.25, 0.3) is 5.95 Å². The molecule has 0 aliphatic carbocycles. The molecule has 0 N–H and O–H groups in total. The Balaban J connectivity index is 2.08. The molecule has 0 aliphatic heterocycles. The van der Waals surface area contributed by atoms with Crippen molar-refractivity contribution in [2.45, 2.75) is 0 Å². The molecule has 0 atom stereocenters. The third-order valence-electron chi connectivity index (χ3n) is 2.42. The Hall–Kier alpha value is -2.70. The Morgan fingerprint density at radius 1 is 1.26 bits per heavy atom. The van der Waals surface area contributed by atoms with Crippen molar-refractivity contribution in [3.05, 3.63) is 30.5 Å². The molecule has 0 fully saturated rings. The van der Waals surface area contributed by atoms with Crippen molar-refractivity contribution in [2.24, 2.45) is 4.99 Å². The third kappa shape index (κ3) is 2.17. The fourth-order valence-electron chi connectivity index (χ4n) is 1.58. The second-order valence-corrected chi connectivity index (χ2v) is 4.17. The molecule has 0 amide bonds. The third-order valence-corrected chi connectivity index (χ3v) is 2.42. The Kier molecular flexibility index (Phi) is 2.71. The van der Waals surface area contributed by atoms with Gasteiger partial charge in [-0.3, -0.25) is 0 Å². The summed E-state index contributed by atoms with van der Waals surface area (Å²) < 4.78 is 6.90. The van der Waals surface area contributed by atoms with Crippen molar-refractivity contribution in [2.75, 3.05) is 14.1 Å². The summed E-state index contributed by atoms with van der Waals surface area (Å²) in [5.41, 5.74) is 1.35. The van der Waals surface area contributed by atoms with Gasteiger partial charge in [0.2, 0.25) is 0 Å². The summed E-state index contributed by atoms with van der Waals surface area (Å²) in [5, 5.41) is 12.4. The number of hydrogen-bond donors (Lipinski definition) is 0. The van der Waals surface area contributed by atoms with Crippen LogP contribution >= 0.6 is 0 Å². The Morgan fingerprint density at radius 2 is 2.16 bits per heavy atom. The largest absolute Gasteiger partial charge is 0.463 e. The topological polar surface area (TPSA) is 71.8 Å². The van der Waals surface area contributed by atoms with Crippen molar-refractivity contribution in [1.29, 1.82) is 0 Å². The average molecular weight is 256 g/mol. The highest BCUT2D eigenvalue weighted by Gasteiger charge is 2.08. The van der Waals surface area contributed by atoms with Crippen LogP contribution in [0.3, 0.4) is 0 Å². The number of furan rings is 1. The molecule has 0 spiro atoms. The molecule has 0 unspecified atom stereocenters. The first-order valence-electron chi connectivity index (χ1n) is 5.71. The number of aromatic nitrogens is 4. The highest BCUT2D eigenvalue weighted by molar-refractivity contribution is 5.60. The normalized spacial score (nSPS) is 11.5. The van der Waals surface area contributed by atoms with Gasteiger partial charge < -0.3 is 9.32 Å². The molecule has 3 rings (SSSR count). The van der Waals surface area contributed by atoms with E-state index in [1.54, 1.807) is 17.1 Å². The minimum Gasteiger partial charge on any atom is -0.463 e. The molecule has 19 heavy (non-hydrogen) atoms. The molecule has 7 heteroatoms. The van der Waals surface area contributed by atoms with Crippen molar-refractivity contribution in [3.8, 4) is 11.5 Å². The zero-order chi connectivity index (χ0) is 13.2. The predicted octanol–water partition coefficient (Wildman–Crippen LogP) is 1.61. The summed E-state index contributed by atoms with van der Waals surface area (Å²) in [7, 11) is 3.77. The highest BCUT2D eigenvalue weighted by atomic mass is 16.3. The fraction of sp³-hybridized carbons (Fsp3) is 0.167. The smallest absolute Gasteiger partial charge is 0.273 e. The van der Waals surface area contributed by atoms with Crippen LogP contribution in [-0.2, 0) is 0 Å². The maximum atomic E-state index is 5.32. The lowest BCUT2D eigenvalue weighted by atomic mass is 10.3. The molecule has 3 heterocycles. The molecule has 3 aromatic heterocycles. The number of aliphatic imine (C=N–C) groups is 1. The van der Waals surface area contributed by atoms with Gasteiger partial charge in [0.1, 0.15) is 5.69 Å². The van der Waals surface area contributed by atoms with Crippen molar-refractivity contribution in [3.63, 3.8) is 0 Å². The van der Waals surface area contributed by atoms with Crippen LogP contribution in [-0.4, -0.2) is 45.1 Å². The van der Waals surface area contributed by atoms with E-state index >= 15 is 0 Å². The maximum absolute atomic E-state index is 5.32. The lowest BCUT2D eigenvalue weighted by Gasteiger charge is -2.01. The number of fused-ring (bicyclic) bond motifs is 1. The first kappa shape index (κ1) is 11.4. The molecule has 0 radical (unpaired) electrons. The van der Waals surface area contributed by atoms with Crippen LogP contribution in [0.25, 0.3) is 17.1 Å². The molecular weight excluding hydrogens is 244 g/mol. The fourth-order valence-corrected chi connectivity index (χ4v) is 1.58. The molecular formula is C12H12N6O. The van der Waals surface area contributed by atoms with E-state index in [2.05, 4.69) is 20.3 Å². The van der Waals surface area contributed by atoms with Gasteiger partial charge in [-0.1, -0.05) is 0 Å². The van der Waals surface area contributed by atoms with E-state index in [9.17, 15) is 0 Å². The summed E-state index contributed by atoms with van der Waals surface area (Å²) in [6, 6.07) is 7.33. The van der Waals surface area contributed by atoms with Gasteiger partial charge in [-0.25, -0.2) is 4.99 Å². The molecule has 0 bridgehead atoms. The van der Waals surface area contributed by atoms with E-state index < -0.39 is 0 Å². The van der Waals surface area contributed by atoms with Crippen molar-refractivity contribution < 1.29 is 4.42 Å². The second-order valence-electron chi connectivity index (χ2n) is 4.17. The predicted molar refractivity (Wildman–Crippen MR) is 70.3 cm³/mol. The molecule has 0 aliphatic rings. The minimum absolute atomic E-state index is 0.428. The van der Waals surface area contributed by atoms with Crippen LogP contribution in [0.2, 0.25) is 0 Å². The molecule has 7 nitrogen and oxygen atoms in total. The van der Waals surface area contributed by atoms with Crippen LogP contribution in [0.1, 0.15) is 0 Å². The summed E-state index contributed by atoms with van der Waals surface area (Å²) >= 11 is 0. The van der Waals surface area contributed by atoms with Gasteiger partial charge in [-0.2, -0.15) is 9.61 Å². The van der Waals surface area contributed by atoms with Crippen LogP contribution in [0.5, 0.6) is 0 Å². The quantitative estimate of drug-likeness (QED) is 0.526. The van der Waals surface area contributed by atoms with Gasteiger partial charge in [-0.15, -0.1) is 10.2 Å². The van der Waals surface area contributed by atoms with Crippen LogP contribution in [0, 0.1) is 0 Å². The van der Waals surface area contributed by atoms with Gasteiger partial charge in [0.15, 0.2) is 11.4 Å². The lowest BCUT2D eigenvalue weighted by Crippen LogP contribution is -2.07. The minimum atomic E-state index is 0.428. The van der Waals surface area contributed by atoms with Gasteiger partial charge in [-0.05, 0) is 24.3 Å². The number of rotatable bonds is 3. The van der Waals surface area contributed by atoms with Crippen LogP contribution < -0.4 is 0 Å². The van der Waals surface area contributed by atoms with E-state index in [0.29, 0.717) is 23.0 Å². The summed E-state index contributed by atoms with van der Waals surface area (Å²) in [5.74, 6) is 1.12. The number of nitrogens with zero attached hydrogens (tertiary/aromatic N) is 6. The number of hydrogen-bond acceptors (Lipinski definition) is 5. The van der Waals surface area contributed by atoms with Crippen LogP contribution in [0.4, 0.5) is 5.95 Å². The SMILES string of the molecule is CN(C)C=Nc1nnc2ccc(-c3ccco3)nn12. The lowest BCUT2D eigenvalue weighted by molar-refractivity contribution is 0.578. The Bertz CT molecular complexity index is 713. The van der Waals surface area contributed by atoms with Gasteiger partial charge in [0.05, 0.1) is 12.6 Å². The monoisotopic (exact) mass is 256 g/mol. The first-order valence-corrected chi connectivity index (χ1v) is 5.71. The van der Waals surface area contributed by atoms with Gasteiger partial charge in [0, 0.05) is 14.1 Å². The van der Waals surface area contributed by atoms with E-state index in [1.165, 1.54) is 0 Å². The average Bonchev–Trinajstić information content (AvgIpc) is 3.05. The standard InChI is InChI=1S/C12H12N6O/c1-17(2)8-13-12-15-14-11-6-5-9(16-18(11)12)10-4-3-7-19-10/h3-8H,1-2H3. The molecule has 3 aromatic rings. The molecule has 0 aromatic carbocycles. The zero-order valence-corrected chi connectivity index (χ0v) is 10.6. The van der Waals surface area contributed by atoms with Gasteiger partial charge >= 0.3 is 0 Å². The van der Waals surface area contributed by atoms with E-state index in [4.69, 9.17) is 4.42 Å². The first-order chi connectivity index (χ1) is 9.24. The molecule has 96 valence electrons. The van der Waals surface area contributed by atoms with Crippen molar-refractivity contribution >= 4 is 17.9 Å². The summed E-state index contributed by atoms with van der Waals surface area (Å²) in [6.45, 7) is 0. The van der Waals surface area contributed by atoms with E-state index in [0.717, 1.165) is 0 Å². The molecule has 0 saturated heterocycles. The highest BCUT2D eigenvalue weighted by Crippen LogP contribution is 2.19. The van der Waals surface area contributed by atoms with E-state index in [-0.39, 0.29) is 0 Å². The zero-order valence-electron chi connectivity index (χ0n) is 10.6. The van der Waals surface area contributed by atoms with Crippen LogP contribution in [0.15, 0.2) is 39.9 Å². The second kappa shape index (κ2) is 4.52. The summed E-state index contributed by atoms with van der Waals surface area (Å²) in [6.07, 6.45) is 3.26. The molecule has 0 saturated carbocycles. The van der Waals surface area contributed by atoms with E-state index in [1.807, 2.05) is 43.3 Å². The Morgan fingerprint density at radius 3 is 2.89 bits per heavy atom. The van der Waals surface area contributed by atoms with Crippen molar-refractivity contribution in [1.82, 2.24) is 24.7 Å². The maximum Gasteiger partial charge on any atom is 0.273 e.